The van der Waals surface area contributed by atoms with E-state index in [-0.39, 0.29) is 21.7 Å². The van der Waals surface area contributed by atoms with E-state index in [1.807, 2.05) is 60.7 Å². The molecule has 0 unspecified atom stereocenters. The van der Waals surface area contributed by atoms with Crippen molar-refractivity contribution in [1.82, 2.24) is 9.47 Å². The maximum atomic E-state index is 5.32. The number of anilines is 3. The Kier molecular flexibility index (Phi) is 10.8. The topological polar surface area (TPSA) is 85.6 Å². The molecule has 0 saturated carbocycles. The number of hydrogen-bond donors (Lipinski definition) is 0. The Balaban J connectivity index is 0.924. The van der Waals surface area contributed by atoms with Crippen LogP contribution in [0.25, 0.3) is 60.9 Å². The summed E-state index contributed by atoms with van der Waals surface area (Å²) in [7, 11) is 0. The fourth-order valence-corrected chi connectivity index (χ4v) is 15.4. The van der Waals surface area contributed by atoms with Crippen LogP contribution in [-0.2, 0) is 0 Å². The van der Waals surface area contributed by atoms with E-state index in [0.29, 0.717) is 35.4 Å². The number of guanidine groups is 3. The first-order valence-corrected chi connectivity index (χ1v) is 29.5. The molecule has 0 N–H and O–H groups in total. The zero-order valence-electron chi connectivity index (χ0n) is 44.4. The SMILES string of the molecule is c1ccc(C2=NC3=NC(c4ccccc4)=NC4=NC(c5ccc6c(c5)B5c7ccc(-n8c9ccccc9c9ccccc98)cc7[Se]c7c5c(cc(-c5ccccc5)c7-c5ccccc5)N6c5ccc(-c6ccccc6)cc5)=NC(=N2)N34)cc1. The molecular weight excluding hydrogens is 1080 g/mol. The second kappa shape index (κ2) is 19.0. The van der Waals surface area contributed by atoms with Crippen molar-refractivity contribution in [3.05, 3.63) is 284 Å². The largest absolute Gasteiger partial charge is 0.0615 e. The van der Waals surface area contributed by atoms with Crippen LogP contribution in [0.4, 0.5) is 17.1 Å². The molecule has 12 aromatic rings. The predicted molar refractivity (Wildman–Crippen MR) is 345 cm³/mol. The van der Waals surface area contributed by atoms with Gasteiger partial charge in [-0.2, -0.15) is 0 Å². The normalized spacial score (nSPS) is 14.6. The van der Waals surface area contributed by atoms with Gasteiger partial charge < -0.3 is 0 Å². The van der Waals surface area contributed by atoms with Crippen molar-refractivity contribution in [2.75, 3.05) is 4.90 Å². The van der Waals surface area contributed by atoms with Gasteiger partial charge in [-0.1, -0.05) is 60.7 Å². The van der Waals surface area contributed by atoms with E-state index < -0.39 is 0 Å². The van der Waals surface area contributed by atoms with Gasteiger partial charge in [-0.3, -0.25) is 0 Å². The number of aromatic nitrogens is 1. The molecule has 83 heavy (non-hydrogen) atoms. The van der Waals surface area contributed by atoms with Gasteiger partial charge >= 0.3 is 428 Å². The molecule has 11 heteroatoms. The number of aliphatic imine (C=N–C) groups is 6. The third-order valence-electron chi connectivity index (χ3n) is 16.3. The summed E-state index contributed by atoms with van der Waals surface area (Å²) in [5, 5.41) is 2.48. The summed E-state index contributed by atoms with van der Waals surface area (Å²) >= 11 is -0.159. The van der Waals surface area contributed by atoms with Crippen molar-refractivity contribution in [3.63, 3.8) is 0 Å². The van der Waals surface area contributed by atoms with Crippen molar-refractivity contribution in [1.29, 1.82) is 0 Å². The molecular formula is C72H44BN9Se. The molecule has 0 amide bonds. The number of fused-ring (bicyclic) bond motifs is 7. The van der Waals surface area contributed by atoms with Gasteiger partial charge in [-0.15, -0.1) is 0 Å². The first-order chi connectivity index (χ1) is 41.1. The van der Waals surface area contributed by atoms with E-state index in [0.717, 1.165) is 44.8 Å². The third-order valence-corrected chi connectivity index (χ3v) is 18.8. The van der Waals surface area contributed by atoms with Gasteiger partial charge in [0.05, 0.1) is 0 Å². The van der Waals surface area contributed by atoms with Crippen LogP contribution >= 0.6 is 0 Å². The molecule has 0 aliphatic carbocycles. The van der Waals surface area contributed by atoms with Crippen LogP contribution in [0.3, 0.4) is 0 Å². The molecule has 386 valence electrons. The summed E-state index contributed by atoms with van der Waals surface area (Å²) < 4.78 is 5.16. The van der Waals surface area contributed by atoms with E-state index >= 15 is 0 Å². The van der Waals surface area contributed by atoms with Crippen LogP contribution in [0.5, 0.6) is 0 Å². The molecule has 17 rings (SSSR count). The van der Waals surface area contributed by atoms with Crippen LogP contribution < -0.4 is 30.2 Å². The molecule has 1 aromatic heterocycles. The molecule has 9 nitrogen and oxygen atoms in total. The van der Waals surface area contributed by atoms with Crippen LogP contribution in [0.1, 0.15) is 16.7 Å². The van der Waals surface area contributed by atoms with Gasteiger partial charge in [0.1, 0.15) is 0 Å². The number of amidine groups is 3. The maximum absolute atomic E-state index is 5.32. The van der Waals surface area contributed by atoms with E-state index in [9.17, 15) is 0 Å². The fraction of sp³-hybridized carbons (Fsp3) is 0. The predicted octanol–water partition coefficient (Wildman–Crippen LogP) is 12.1. The molecule has 0 atom stereocenters. The number of benzene rings is 11. The Morgan fingerprint density at radius 2 is 0.795 bits per heavy atom. The Bertz CT molecular complexity index is 4770. The van der Waals surface area contributed by atoms with Gasteiger partial charge in [0.25, 0.3) is 0 Å². The Morgan fingerprint density at radius 1 is 0.325 bits per heavy atom. The van der Waals surface area contributed by atoms with Gasteiger partial charge in [0.2, 0.25) is 0 Å². The fourth-order valence-electron chi connectivity index (χ4n) is 12.6. The van der Waals surface area contributed by atoms with Gasteiger partial charge in [-0.25, -0.2) is 0 Å². The summed E-state index contributed by atoms with van der Waals surface area (Å²) in [5.41, 5.74) is 20.3. The molecule has 11 aromatic carbocycles. The van der Waals surface area contributed by atoms with E-state index in [1.165, 1.54) is 75.2 Å². The molecule has 0 saturated heterocycles. The van der Waals surface area contributed by atoms with Gasteiger partial charge in [0, 0.05) is 0 Å². The molecule has 0 bridgehead atoms. The molecule has 0 spiro atoms. The summed E-state index contributed by atoms with van der Waals surface area (Å²) in [4.78, 5) is 35.1. The van der Waals surface area contributed by atoms with Crippen molar-refractivity contribution >= 4 is 121 Å². The Labute approximate surface area is 485 Å². The first-order valence-electron chi connectivity index (χ1n) is 27.8. The zero-order chi connectivity index (χ0) is 54.5. The smallest absolute Gasteiger partial charge is 0.0512 e. The average molecular weight is 1120 g/mol. The molecule has 5 aliphatic heterocycles. The standard InChI is InChI=1S/C72H44BN9Se/c1-6-20-45(21-7-1)46-34-37-52(38-35-46)80-61-41-36-51(69-78-71-76-67(49-26-12-4-13-27-49)74-70-75-68(50-28-14-5-15-29-50)77-72(79-69)82(70)71)42-58(61)73-57-40-39-53(81-59-32-18-16-30-54(59)55-31-17-19-33-60(55)81)43-63(57)83-66-64(48-24-10-3-11-25-48)56(44-62(80)65(66)73)47-22-8-2-9-23-47/h1-44H. The van der Waals surface area contributed by atoms with Gasteiger partial charge in [-0.05, 0) is 0 Å². The van der Waals surface area contributed by atoms with Crippen molar-refractivity contribution < 1.29 is 0 Å². The quantitative estimate of drug-likeness (QED) is 0.142. The first kappa shape index (κ1) is 47.3. The minimum Gasteiger partial charge on any atom is -0.0615 e. The minimum absolute atomic E-state index is 0.159. The van der Waals surface area contributed by atoms with Crippen molar-refractivity contribution in [3.8, 4) is 39.1 Å². The monoisotopic (exact) mass is 1130 g/mol. The van der Waals surface area contributed by atoms with Crippen molar-refractivity contribution in [2.24, 2.45) is 30.0 Å². The number of para-hydroxylation sites is 2. The summed E-state index contributed by atoms with van der Waals surface area (Å²) in [5.74, 6) is 2.76. The van der Waals surface area contributed by atoms with Crippen molar-refractivity contribution in [2.45, 2.75) is 0 Å². The van der Waals surface area contributed by atoms with Crippen LogP contribution in [0.15, 0.2) is 297 Å². The molecule has 0 radical (unpaired) electrons. The second-order valence-corrected chi connectivity index (χ2v) is 23.3. The number of rotatable bonds is 8. The second-order valence-electron chi connectivity index (χ2n) is 21.1. The average Bonchev–Trinajstić information content (AvgIpc) is 2.10. The summed E-state index contributed by atoms with van der Waals surface area (Å²) in [6.07, 6.45) is 0. The number of hydrogen-bond acceptors (Lipinski definition) is 8. The number of nitrogens with zero attached hydrogens (tertiary/aromatic N) is 9. The van der Waals surface area contributed by atoms with E-state index in [2.05, 4.69) is 216 Å². The van der Waals surface area contributed by atoms with Gasteiger partial charge in [0.15, 0.2) is 0 Å². The van der Waals surface area contributed by atoms with Crippen LogP contribution in [-0.4, -0.2) is 66.5 Å². The maximum Gasteiger partial charge on any atom is -0.0512 e. The van der Waals surface area contributed by atoms with E-state index in [1.54, 1.807) is 4.90 Å². The Morgan fingerprint density at radius 3 is 1.37 bits per heavy atom. The summed E-state index contributed by atoms with van der Waals surface area (Å²) in [6.45, 7) is -0.173. The minimum atomic E-state index is -0.173. The molecule has 0 fully saturated rings. The Hall–Kier alpha value is -10.6. The summed E-state index contributed by atoms with van der Waals surface area (Å²) in [6, 6.07) is 95.7. The zero-order valence-corrected chi connectivity index (χ0v) is 46.1. The van der Waals surface area contributed by atoms with Crippen LogP contribution in [0.2, 0.25) is 0 Å². The van der Waals surface area contributed by atoms with Crippen LogP contribution in [0, 0.1) is 0 Å². The third kappa shape index (κ3) is 7.70. The molecule has 6 heterocycles. The van der Waals surface area contributed by atoms with E-state index in [4.69, 9.17) is 30.0 Å². The molecule has 5 aliphatic rings.